The Bertz CT molecular complexity index is 625. The van der Waals surface area contributed by atoms with Crippen molar-refractivity contribution in [1.29, 1.82) is 0 Å². The zero-order chi connectivity index (χ0) is 14.4. The van der Waals surface area contributed by atoms with Gasteiger partial charge in [-0.2, -0.15) is 8.78 Å². The fraction of sp³-hybridized carbons (Fsp3) is 0.300. The van der Waals surface area contributed by atoms with Gasteiger partial charge in [-0.15, -0.1) is 0 Å². The molecule has 104 valence electrons. The fourth-order valence-electron chi connectivity index (χ4n) is 1.58. The van der Waals surface area contributed by atoms with Gasteiger partial charge in [0.25, 0.3) is 0 Å². The Balaban J connectivity index is 2.54. The van der Waals surface area contributed by atoms with Crippen molar-refractivity contribution in [2.24, 2.45) is 0 Å². The molecule has 0 spiro atoms. The van der Waals surface area contributed by atoms with Crippen LogP contribution in [0.3, 0.4) is 0 Å². The summed E-state index contributed by atoms with van der Waals surface area (Å²) in [4.78, 5) is 3.72. The molecular formula is C10H7BrF5N3. The maximum Gasteiger partial charge on any atom is 0.324 e. The summed E-state index contributed by atoms with van der Waals surface area (Å²) in [5, 5.41) is 0. The maximum atomic E-state index is 13.4. The maximum absolute atomic E-state index is 13.4. The van der Waals surface area contributed by atoms with Crippen LogP contribution in [0.5, 0.6) is 0 Å². The smallest absolute Gasteiger partial charge is 0.324 e. The molecule has 0 atom stereocenters. The number of imidazole rings is 1. The molecule has 0 saturated carbocycles. The van der Waals surface area contributed by atoms with Crippen LogP contribution in [0.15, 0.2) is 16.6 Å². The predicted octanol–water partition coefficient (Wildman–Crippen LogP) is 3.42. The SMILES string of the molecule is Nc1nc2cc(Br)c(F)cc2n1CC(F)(F)C(F)F. The molecule has 0 aliphatic rings. The van der Waals surface area contributed by atoms with Crippen LogP contribution in [-0.4, -0.2) is 21.9 Å². The molecule has 0 saturated heterocycles. The zero-order valence-corrected chi connectivity index (χ0v) is 10.8. The van der Waals surface area contributed by atoms with Crippen LogP contribution < -0.4 is 5.73 Å². The van der Waals surface area contributed by atoms with E-state index in [1.807, 2.05) is 0 Å². The summed E-state index contributed by atoms with van der Waals surface area (Å²) in [6.07, 6.45) is -3.84. The fourth-order valence-corrected chi connectivity index (χ4v) is 1.92. The van der Waals surface area contributed by atoms with Crippen molar-refractivity contribution in [2.75, 3.05) is 5.73 Å². The Morgan fingerprint density at radius 2 is 2.00 bits per heavy atom. The van der Waals surface area contributed by atoms with Crippen LogP contribution in [0.4, 0.5) is 27.9 Å². The van der Waals surface area contributed by atoms with Gasteiger partial charge in [-0.3, -0.25) is 0 Å². The second-order valence-electron chi connectivity index (χ2n) is 3.87. The number of hydrogen-bond donors (Lipinski definition) is 1. The summed E-state index contributed by atoms with van der Waals surface area (Å²) >= 11 is 2.90. The number of nitrogen functional groups attached to an aromatic ring is 1. The third-order valence-corrected chi connectivity index (χ3v) is 3.12. The monoisotopic (exact) mass is 343 g/mol. The molecule has 0 unspecified atom stereocenters. The van der Waals surface area contributed by atoms with E-state index in [1.54, 1.807) is 0 Å². The average molecular weight is 344 g/mol. The van der Waals surface area contributed by atoms with Crippen molar-refractivity contribution >= 4 is 32.9 Å². The topological polar surface area (TPSA) is 43.8 Å². The number of benzene rings is 1. The molecule has 0 amide bonds. The van der Waals surface area contributed by atoms with Gasteiger partial charge >= 0.3 is 12.3 Å². The molecule has 0 fully saturated rings. The van der Waals surface area contributed by atoms with Crippen molar-refractivity contribution in [2.45, 2.75) is 18.9 Å². The minimum absolute atomic E-state index is 0.0708. The Kier molecular flexibility index (Phi) is 3.41. The lowest BCUT2D eigenvalue weighted by Crippen LogP contribution is -2.32. The number of alkyl halides is 4. The number of halogens is 6. The molecule has 19 heavy (non-hydrogen) atoms. The number of nitrogens with two attached hydrogens (primary N) is 1. The van der Waals surface area contributed by atoms with Crippen LogP contribution in [0.25, 0.3) is 11.0 Å². The molecule has 3 nitrogen and oxygen atoms in total. The lowest BCUT2D eigenvalue weighted by molar-refractivity contribution is -0.136. The number of aromatic nitrogens is 2. The number of anilines is 1. The molecule has 0 radical (unpaired) electrons. The lowest BCUT2D eigenvalue weighted by atomic mass is 10.3. The zero-order valence-electron chi connectivity index (χ0n) is 9.18. The largest absolute Gasteiger partial charge is 0.369 e. The third-order valence-electron chi connectivity index (χ3n) is 2.51. The Morgan fingerprint density at radius 3 is 2.58 bits per heavy atom. The highest BCUT2D eigenvalue weighted by Gasteiger charge is 2.41. The van der Waals surface area contributed by atoms with Crippen LogP contribution >= 0.6 is 15.9 Å². The van der Waals surface area contributed by atoms with Gasteiger partial charge < -0.3 is 10.3 Å². The first-order valence-corrected chi connectivity index (χ1v) is 5.78. The summed E-state index contributed by atoms with van der Waals surface area (Å²) in [5.41, 5.74) is 5.46. The van der Waals surface area contributed by atoms with Gasteiger partial charge in [-0.05, 0) is 22.0 Å². The highest BCUT2D eigenvalue weighted by molar-refractivity contribution is 9.10. The molecule has 1 aromatic heterocycles. The molecule has 9 heteroatoms. The first kappa shape index (κ1) is 14.0. The van der Waals surface area contributed by atoms with Gasteiger partial charge in [-0.1, -0.05) is 0 Å². The highest BCUT2D eigenvalue weighted by atomic mass is 79.9. The first-order chi connectivity index (χ1) is 8.72. The summed E-state index contributed by atoms with van der Waals surface area (Å²) in [5.74, 6) is -5.38. The third kappa shape index (κ3) is 2.51. The van der Waals surface area contributed by atoms with Gasteiger partial charge in [0, 0.05) is 6.07 Å². The molecule has 0 aliphatic carbocycles. The standard InChI is InChI=1S/C10H7BrF5N3/c11-4-1-6-7(2-5(4)12)19(9(17)18-6)3-10(15,16)8(13)14/h1-2,8H,3H2,(H2,17,18). The van der Waals surface area contributed by atoms with E-state index in [0.29, 0.717) is 4.57 Å². The van der Waals surface area contributed by atoms with Crippen molar-refractivity contribution in [3.8, 4) is 0 Å². The molecule has 0 bridgehead atoms. The van der Waals surface area contributed by atoms with Crippen LogP contribution in [-0.2, 0) is 6.54 Å². The summed E-state index contributed by atoms with van der Waals surface area (Å²) < 4.78 is 64.5. The van der Waals surface area contributed by atoms with E-state index in [9.17, 15) is 22.0 Å². The molecule has 1 aromatic carbocycles. The van der Waals surface area contributed by atoms with Crippen LogP contribution in [0.1, 0.15) is 0 Å². The first-order valence-electron chi connectivity index (χ1n) is 4.99. The Labute approximate surface area is 112 Å². The van der Waals surface area contributed by atoms with E-state index >= 15 is 0 Å². The van der Waals surface area contributed by atoms with Crippen molar-refractivity contribution in [1.82, 2.24) is 9.55 Å². The summed E-state index contributed by atoms with van der Waals surface area (Å²) in [7, 11) is 0. The van der Waals surface area contributed by atoms with Gasteiger partial charge in [0.1, 0.15) is 5.82 Å². The molecule has 2 aromatic rings. The van der Waals surface area contributed by atoms with Gasteiger partial charge in [0.05, 0.1) is 22.1 Å². The van der Waals surface area contributed by atoms with Gasteiger partial charge in [0.15, 0.2) is 0 Å². The van der Waals surface area contributed by atoms with Gasteiger partial charge in [0.2, 0.25) is 5.95 Å². The summed E-state index contributed by atoms with van der Waals surface area (Å²) in [6.45, 7) is -1.37. The van der Waals surface area contributed by atoms with E-state index in [-0.39, 0.29) is 21.5 Å². The normalized spacial score (nSPS) is 12.6. The van der Waals surface area contributed by atoms with E-state index in [0.717, 1.165) is 6.07 Å². The minimum atomic E-state index is -4.27. The van der Waals surface area contributed by atoms with Crippen LogP contribution in [0, 0.1) is 5.82 Å². The van der Waals surface area contributed by atoms with Crippen molar-refractivity contribution in [3.63, 3.8) is 0 Å². The summed E-state index contributed by atoms with van der Waals surface area (Å²) in [6, 6.07) is 2.14. The van der Waals surface area contributed by atoms with Gasteiger partial charge in [-0.25, -0.2) is 18.2 Å². The average Bonchev–Trinajstić information content (AvgIpc) is 2.56. The highest BCUT2D eigenvalue weighted by Crippen LogP contribution is 2.30. The quantitative estimate of drug-likeness (QED) is 0.868. The number of hydrogen-bond acceptors (Lipinski definition) is 2. The molecule has 1 heterocycles. The number of fused-ring (bicyclic) bond motifs is 1. The molecule has 2 rings (SSSR count). The predicted molar refractivity (Wildman–Crippen MR) is 62.8 cm³/mol. The number of nitrogens with zero attached hydrogens (tertiary/aromatic N) is 2. The van der Waals surface area contributed by atoms with E-state index in [1.165, 1.54) is 6.07 Å². The molecule has 2 N–H and O–H groups in total. The molecule has 0 aliphatic heterocycles. The van der Waals surface area contributed by atoms with E-state index in [2.05, 4.69) is 20.9 Å². The number of rotatable bonds is 3. The Morgan fingerprint density at radius 1 is 1.37 bits per heavy atom. The van der Waals surface area contributed by atoms with E-state index < -0.39 is 24.7 Å². The lowest BCUT2D eigenvalue weighted by Gasteiger charge is -2.17. The van der Waals surface area contributed by atoms with Crippen molar-refractivity contribution < 1.29 is 22.0 Å². The second kappa shape index (κ2) is 4.62. The van der Waals surface area contributed by atoms with Crippen molar-refractivity contribution in [3.05, 3.63) is 22.4 Å². The molecular weight excluding hydrogens is 337 g/mol. The van der Waals surface area contributed by atoms with Crippen LogP contribution in [0.2, 0.25) is 0 Å². The second-order valence-corrected chi connectivity index (χ2v) is 4.73. The van der Waals surface area contributed by atoms with E-state index in [4.69, 9.17) is 5.73 Å². The minimum Gasteiger partial charge on any atom is -0.369 e. The Hall–Kier alpha value is -1.38.